The smallest absolute Gasteiger partial charge is 0.387 e. The van der Waals surface area contributed by atoms with E-state index in [2.05, 4.69) is 45.7 Å². The Morgan fingerprint density at radius 2 is 1.97 bits per heavy atom. The Labute approximate surface area is 216 Å². The van der Waals surface area contributed by atoms with Gasteiger partial charge in [-0.25, -0.2) is 4.98 Å². The highest BCUT2D eigenvalue weighted by atomic mass is 35.5. The molecule has 2 aliphatic heterocycles. The molecule has 3 N–H and O–H groups in total. The molecule has 14 heteroatoms. The highest BCUT2D eigenvalue weighted by Gasteiger charge is 2.30. The summed E-state index contributed by atoms with van der Waals surface area (Å²) in [5.74, 6) is 0.820. The monoisotopic (exact) mass is 530 g/mol. The van der Waals surface area contributed by atoms with Crippen LogP contribution < -0.4 is 25.6 Å². The summed E-state index contributed by atoms with van der Waals surface area (Å²) in [5.41, 5.74) is 1.35. The van der Waals surface area contributed by atoms with E-state index in [0.717, 1.165) is 39.0 Å². The number of halogens is 3. The number of benzene rings is 1. The molecule has 0 radical (unpaired) electrons. The topological polar surface area (TPSA) is 99.2 Å². The van der Waals surface area contributed by atoms with Crippen molar-refractivity contribution in [3.63, 3.8) is 0 Å². The number of hydrogen-bond acceptors (Lipinski definition) is 9. The number of fused-ring (bicyclic) bond motifs is 1. The number of nitrogens with one attached hydrogen (secondary N) is 3. The molecule has 1 saturated carbocycles. The Bertz CT molecular complexity index is 1350. The SMILES string of the molecule is [C-]#[N+]c1cnc2c(NC3CC3)nc(Nc3cc(OC(F)F)cc(N4CCN(C5CNC5)CC4)c3Cl)nn12. The second kappa shape index (κ2) is 9.77. The van der Waals surface area contributed by atoms with Gasteiger partial charge >= 0.3 is 6.61 Å². The van der Waals surface area contributed by atoms with E-state index >= 15 is 0 Å². The minimum Gasteiger partial charge on any atom is -0.435 e. The second-order valence-corrected chi connectivity index (χ2v) is 9.69. The third-order valence-electron chi connectivity index (χ3n) is 6.81. The zero-order valence-electron chi connectivity index (χ0n) is 19.8. The highest BCUT2D eigenvalue weighted by molar-refractivity contribution is 6.36. The Morgan fingerprint density at radius 3 is 2.62 bits per heavy atom. The largest absolute Gasteiger partial charge is 0.435 e. The maximum atomic E-state index is 13.2. The van der Waals surface area contributed by atoms with Crippen molar-refractivity contribution < 1.29 is 13.5 Å². The van der Waals surface area contributed by atoms with Crippen LogP contribution >= 0.6 is 11.6 Å². The summed E-state index contributed by atoms with van der Waals surface area (Å²) in [6.45, 7) is 9.52. The standard InChI is InChI=1S/C23H25ClF2N10O/c1-27-18-12-29-21-20(30-13-2-3-13)32-23(33-36(18)21)31-16-8-15(37-22(25)26)9-17(19(16)24)35-6-4-34(5-7-35)14-10-28-11-14/h8-9,12-14,22,28H,2-7,10-11H2,(H2,30,31,32,33). The fourth-order valence-electron chi connectivity index (χ4n) is 4.57. The van der Waals surface area contributed by atoms with Gasteiger partial charge in [-0.3, -0.25) is 4.90 Å². The number of piperazine rings is 1. The maximum absolute atomic E-state index is 13.2. The molecule has 3 aliphatic rings. The van der Waals surface area contributed by atoms with E-state index in [1.807, 2.05) is 0 Å². The van der Waals surface area contributed by atoms with Crippen molar-refractivity contribution in [3.8, 4) is 5.75 Å². The Hall–Kier alpha value is -3.47. The van der Waals surface area contributed by atoms with E-state index in [-0.39, 0.29) is 23.6 Å². The molecule has 37 heavy (non-hydrogen) atoms. The van der Waals surface area contributed by atoms with Crippen LogP contribution in [-0.4, -0.2) is 82.4 Å². The lowest BCUT2D eigenvalue weighted by atomic mass is 10.1. The Morgan fingerprint density at radius 1 is 1.19 bits per heavy atom. The first-order valence-electron chi connectivity index (χ1n) is 12.1. The average Bonchev–Trinajstić information content (AvgIpc) is 3.56. The van der Waals surface area contributed by atoms with E-state index in [1.54, 1.807) is 0 Å². The van der Waals surface area contributed by atoms with Gasteiger partial charge in [0.05, 0.1) is 22.6 Å². The van der Waals surface area contributed by atoms with Crippen LogP contribution in [0.4, 0.5) is 37.7 Å². The van der Waals surface area contributed by atoms with Crippen LogP contribution in [-0.2, 0) is 0 Å². The summed E-state index contributed by atoms with van der Waals surface area (Å²) >= 11 is 6.82. The molecule has 3 aromatic rings. The van der Waals surface area contributed by atoms with Crippen LogP contribution in [0.25, 0.3) is 10.5 Å². The Balaban J connectivity index is 1.32. The van der Waals surface area contributed by atoms with Gasteiger partial charge in [0.2, 0.25) is 0 Å². The van der Waals surface area contributed by atoms with E-state index in [1.165, 1.54) is 22.8 Å². The molecule has 6 rings (SSSR count). The number of aromatic nitrogens is 4. The quantitative estimate of drug-likeness (QED) is 0.379. The summed E-state index contributed by atoms with van der Waals surface area (Å²) in [4.78, 5) is 16.8. The van der Waals surface area contributed by atoms with Crippen LogP contribution in [0.1, 0.15) is 12.8 Å². The van der Waals surface area contributed by atoms with Gasteiger partial charge in [-0.2, -0.15) is 13.8 Å². The van der Waals surface area contributed by atoms with Crippen molar-refractivity contribution in [1.82, 2.24) is 29.8 Å². The summed E-state index contributed by atoms with van der Waals surface area (Å²) in [6.07, 6.45) is 3.46. The van der Waals surface area contributed by atoms with Crippen molar-refractivity contribution in [2.75, 3.05) is 54.8 Å². The Kier molecular flexibility index (Phi) is 6.31. The predicted molar refractivity (Wildman–Crippen MR) is 135 cm³/mol. The first-order valence-corrected chi connectivity index (χ1v) is 12.5. The van der Waals surface area contributed by atoms with Gasteiger partial charge in [-0.1, -0.05) is 23.3 Å². The molecular weight excluding hydrogens is 506 g/mol. The molecule has 0 unspecified atom stereocenters. The first-order chi connectivity index (χ1) is 18.0. The third-order valence-corrected chi connectivity index (χ3v) is 7.20. The zero-order chi connectivity index (χ0) is 25.5. The molecule has 0 bridgehead atoms. The van der Waals surface area contributed by atoms with Gasteiger partial charge in [0.15, 0.2) is 5.82 Å². The van der Waals surface area contributed by atoms with Crippen LogP contribution in [0.5, 0.6) is 5.75 Å². The molecule has 0 amide bonds. The molecule has 1 aromatic carbocycles. The molecule has 1 aliphatic carbocycles. The van der Waals surface area contributed by atoms with E-state index < -0.39 is 6.61 Å². The number of imidazole rings is 1. The highest BCUT2D eigenvalue weighted by Crippen LogP contribution is 2.40. The summed E-state index contributed by atoms with van der Waals surface area (Å²) < 4.78 is 32.5. The van der Waals surface area contributed by atoms with E-state index in [4.69, 9.17) is 22.9 Å². The summed E-state index contributed by atoms with van der Waals surface area (Å²) in [5, 5.41) is 14.4. The van der Waals surface area contributed by atoms with Crippen LogP contribution in [0.2, 0.25) is 5.02 Å². The lowest BCUT2D eigenvalue weighted by Gasteiger charge is -2.44. The van der Waals surface area contributed by atoms with Crippen LogP contribution in [0, 0.1) is 6.57 Å². The van der Waals surface area contributed by atoms with Crippen molar-refractivity contribution in [1.29, 1.82) is 0 Å². The van der Waals surface area contributed by atoms with Crippen LogP contribution in [0.15, 0.2) is 18.3 Å². The van der Waals surface area contributed by atoms with Crippen molar-refractivity contribution in [2.45, 2.75) is 31.5 Å². The lowest BCUT2D eigenvalue weighted by Crippen LogP contribution is -2.61. The van der Waals surface area contributed by atoms with Gasteiger partial charge in [0.1, 0.15) is 5.75 Å². The average molecular weight is 531 g/mol. The minimum atomic E-state index is -2.99. The van der Waals surface area contributed by atoms with Gasteiger partial charge < -0.3 is 30.4 Å². The number of alkyl halides is 2. The third kappa shape index (κ3) is 4.92. The molecule has 2 saturated heterocycles. The molecule has 2 aromatic heterocycles. The summed E-state index contributed by atoms with van der Waals surface area (Å²) in [6, 6.07) is 3.76. The van der Waals surface area contributed by atoms with Gasteiger partial charge in [-0.15, -0.1) is 4.52 Å². The van der Waals surface area contributed by atoms with Crippen LogP contribution in [0.3, 0.4) is 0 Å². The van der Waals surface area contributed by atoms with Gasteiger partial charge in [-0.05, 0) is 12.8 Å². The fraction of sp³-hybridized carbons (Fsp3) is 0.478. The van der Waals surface area contributed by atoms with Gasteiger partial charge in [0, 0.05) is 63.5 Å². The molecule has 4 heterocycles. The van der Waals surface area contributed by atoms with E-state index in [0.29, 0.717) is 47.0 Å². The second-order valence-electron chi connectivity index (χ2n) is 9.31. The molecule has 0 atom stereocenters. The number of nitrogens with zero attached hydrogens (tertiary/aromatic N) is 7. The first kappa shape index (κ1) is 23.9. The molecular formula is C23H25ClF2N10O. The number of rotatable bonds is 8. The van der Waals surface area contributed by atoms with Crippen molar-refractivity contribution in [2.24, 2.45) is 0 Å². The normalized spacial score (nSPS) is 18.6. The molecule has 11 nitrogen and oxygen atoms in total. The predicted octanol–water partition coefficient (Wildman–Crippen LogP) is 3.34. The summed E-state index contributed by atoms with van der Waals surface area (Å²) in [7, 11) is 0. The molecule has 3 fully saturated rings. The van der Waals surface area contributed by atoms with E-state index in [9.17, 15) is 8.78 Å². The molecule has 194 valence electrons. The lowest BCUT2D eigenvalue weighted by molar-refractivity contribution is -0.0497. The zero-order valence-corrected chi connectivity index (χ0v) is 20.5. The van der Waals surface area contributed by atoms with Crippen molar-refractivity contribution in [3.05, 3.63) is 34.8 Å². The maximum Gasteiger partial charge on any atom is 0.387 e. The number of ether oxygens (including phenoxy) is 1. The van der Waals surface area contributed by atoms with Crippen molar-refractivity contribution >= 4 is 46.2 Å². The molecule has 0 spiro atoms. The fourth-order valence-corrected chi connectivity index (χ4v) is 4.85. The minimum absolute atomic E-state index is 0.0237. The van der Waals surface area contributed by atoms with Gasteiger partial charge in [0.25, 0.3) is 17.4 Å². The number of hydrogen-bond donors (Lipinski definition) is 3. The number of anilines is 4.